The molecule has 0 fully saturated rings. The molecule has 0 aliphatic carbocycles. The van der Waals surface area contributed by atoms with Crippen LogP contribution in [0.1, 0.15) is 0 Å². The van der Waals surface area contributed by atoms with Crippen molar-refractivity contribution in [2.45, 2.75) is 0 Å². The first-order chi connectivity index (χ1) is 5.93. The second kappa shape index (κ2) is 5.00. The monoisotopic (exact) mass is 212 g/mol. The van der Waals surface area contributed by atoms with E-state index in [9.17, 15) is 13.2 Å². The van der Waals surface area contributed by atoms with Gasteiger partial charge >= 0.3 is 16.3 Å². The van der Waals surface area contributed by atoms with Gasteiger partial charge in [0.2, 0.25) is 0 Å². The van der Waals surface area contributed by atoms with Crippen molar-refractivity contribution < 1.29 is 22.7 Å². The van der Waals surface area contributed by atoms with E-state index in [0.29, 0.717) is 4.31 Å². The number of amides is 1. The van der Waals surface area contributed by atoms with Gasteiger partial charge in [-0.3, -0.25) is 0 Å². The van der Waals surface area contributed by atoms with Crippen molar-refractivity contribution in [3.63, 3.8) is 0 Å². The van der Waals surface area contributed by atoms with E-state index in [2.05, 4.69) is 9.47 Å². The Balaban J connectivity index is 4.47. The van der Waals surface area contributed by atoms with Gasteiger partial charge in [0.25, 0.3) is 0 Å². The highest BCUT2D eigenvalue weighted by Gasteiger charge is 2.23. The SMILES string of the molecule is COCCN(C(=O)OC)S(N)(=O)=O. The van der Waals surface area contributed by atoms with Gasteiger partial charge in [-0.05, 0) is 0 Å². The zero-order valence-electron chi connectivity index (χ0n) is 7.39. The highest BCUT2D eigenvalue weighted by Crippen LogP contribution is 1.97. The minimum atomic E-state index is -4.07. The predicted octanol–water partition coefficient (Wildman–Crippen LogP) is -1.10. The summed E-state index contributed by atoms with van der Waals surface area (Å²) in [6.07, 6.45) is -1.03. The lowest BCUT2D eigenvalue weighted by Crippen LogP contribution is -2.43. The third-order valence-corrected chi connectivity index (χ3v) is 2.13. The van der Waals surface area contributed by atoms with Crippen LogP contribution >= 0.6 is 0 Å². The lowest BCUT2D eigenvalue weighted by atomic mass is 10.7. The van der Waals surface area contributed by atoms with Crippen LogP contribution in [0, 0.1) is 0 Å². The van der Waals surface area contributed by atoms with E-state index in [-0.39, 0.29) is 13.2 Å². The fourth-order valence-electron chi connectivity index (χ4n) is 0.598. The van der Waals surface area contributed by atoms with Gasteiger partial charge in [0.1, 0.15) is 0 Å². The summed E-state index contributed by atoms with van der Waals surface area (Å²) in [5, 5.41) is 4.74. The summed E-state index contributed by atoms with van der Waals surface area (Å²) in [5.41, 5.74) is 0. The first kappa shape index (κ1) is 12.1. The van der Waals surface area contributed by atoms with E-state index in [1.165, 1.54) is 7.11 Å². The molecule has 13 heavy (non-hydrogen) atoms. The Morgan fingerprint density at radius 3 is 2.31 bits per heavy atom. The average molecular weight is 212 g/mol. The number of hydrogen-bond donors (Lipinski definition) is 1. The summed E-state index contributed by atoms with van der Waals surface area (Å²) in [5.74, 6) is 0. The van der Waals surface area contributed by atoms with Crippen molar-refractivity contribution in [1.82, 2.24) is 4.31 Å². The maximum absolute atomic E-state index is 10.9. The van der Waals surface area contributed by atoms with Crippen LogP contribution in [-0.4, -0.2) is 46.2 Å². The van der Waals surface area contributed by atoms with E-state index in [0.717, 1.165) is 7.11 Å². The van der Waals surface area contributed by atoms with E-state index in [1.54, 1.807) is 0 Å². The largest absolute Gasteiger partial charge is 0.452 e. The van der Waals surface area contributed by atoms with Crippen LogP contribution in [0.5, 0.6) is 0 Å². The second-order valence-corrected chi connectivity index (χ2v) is 3.55. The Bertz CT molecular complexity index is 262. The van der Waals surface area contributed by atoms with Gasteiger partial charge < -0.3 is 9.47 Å². The molecular weight excluding hydrogens is 200 g/mol. The first-order valence-electron chi connectivity index (χ1n) is 3.30. The molecule has 1 amide bonds. The van der Waals surface area contributed by atoms with E-state index < -0.39 is 16.3 Å². The standard InChI is InChI=1S/C5H12N2O5S/c1-11-4-3-7(5(8)12-2)13(6,9)10/h3-4H2,1-2H3,(H2,6,9,10). The fraction of sp³-hybridized carbons (Fsp3) is 0.800. The molecule has 0 saturated carbocycles. The number of methoxy groups -OCH3 is 2. The topological polar surface area (TPSA) is 98.9 Å². The van der Waals surface area contributed by atoms with Gasteiger partial charge in [-0.1, -0.05) is 0 Å². The van der Waals surface area contributed by atoms with E-state index in [4.69, 9.17) is 5.14 Å². The molecule has 0 aromatic rings. The van der Waals surface area contributed by atoms with Crippen LogP contribution in [0.2, 0.25) is 0 Å². The van der Waals surface area contributed by atoms with Crippen molar-refractivity contribution in [2.24, 2.45) is 5.14 Å². The number of ether oxygens (including phenoxy) is 2. The van der Waals surface area contributed by atoms with Gasteiger partial charge in [0.05, 0.1) is 20.3 Å². The average Bonchev–Trinajstić information content (AvgIpc) is 2.02. The van der Waals surface area contributed by atoms with Crippen molar-refractivity contribution in [3.05, 3.63) is 0 Å². The number of carbonyl (C=O) groups excluding carboxylic acids is 1. The molecule has 0 spiro atoms. The Labute approximate surface area is 76.6 Å². The molecule has 0 bridgehead atoms. The fourth-order valence-corrected chi connectivity index (χ4v) is 1.21. The Kier molecular flexibility index (Phi) is 4.67. The van der Waals surface area contributed by atoms with Crippen molar-refractivity contribution in [1.29, 1.82) is 0 Å². The summed E-state index contributed by atoms with van der Waals surface area (Å²) in [6.45, 7) is -0.104. The van der Waals surface area contributed by atoms with Crippen LogP contribution in [0.25, 0.3) is 0 Å². The van der Waals surface area contributed by atoms with Gasteiger partial charge in [0, 0.05) is 7.11 Å². The van der Waals surface area contributed by atoms with Gasteiger partial charge in [0.15, 0.2) is 0 Å². The van der Waals surface area contributed by atoms with E-state index in [1.807, 2.05) is 0 Å². The minimum absolute atomic E-state index is 0.0610. The van der Waals surface area contributed by atoms with E-state index >= 15 is 0 Å². The maximum atomic E-state index is 10.9. The molecule has 0 rings (SSSR count). The molecule has 2 N–H and O–H groups in total. The lowest BCUT2D eigenvalue weighted by molar-refractivity contribution is 0.132. The number of nitrogens with zero attached hydrogens (tertiary/aromatic N) is 1. The Morgan fingerprint density at radius 2 is 2.00 bits per heavy atom. The summed E-state index contributed by atoms with van der Waals surface area (Å²) < 4.78 is 30.8. The second-order valence-electron chi connectivity index (χ2n) is 2.08. The number of rotatable bonds is 4. The molecule has 0 atom stereocenters. The van der Waals surface area contributed by atoms with Gasteiger partial charge in [-0.15, -0.1) is 0 Å². The number of carbonyl (C=O) groups is 1. The van der Waals surface area contributed by atoms with Crippen molar-refractivity contribution in [3.8, 4) is 0 Å². The van der Waals surface area contributed by atoms with Crippen LogP contribution in [-0.2, 0) is 19.7 Å². The highest BCUT2D eigenvalue weighted by atomic mass is 32.2. The zero-order valence-corrected chi connectivity index (χ0v) is 8.20. The lowest BCUT2D eigenvalue weighted by Gasteiger charge is -2.17. The van der Waals surface area contributed by atoms with Gasteiger partial charge in [-0.2, -0.15) is 12.7 Å². The molecule has 0 saturated heterocycles. The molecule has 0 aromatic carbocycles. The normalized spacial score (nSPS) is 11.0. The molecule has 78 valence electrons. The van der Waals surface area contributed by atoms with Gasteiger partial charge in [-0.25, -0.2) is 9.93 Å². The predicted molar refractivity (Wildman–Crippen MR) is 44.1 cm³/mol. The van der Waals surface area contributed by atoms with Crippen LogP contribution in [0.15, 0.2) is 0 Å². The molecule has 0 aliphatic heterocycles. The summed E-state index contributed by atoms with van der Waals surface area (Å²) in [6, 6.07) is 0. The van der Waals surface area contributed by atoms with Crippen LogP contribution in [0.3, 0.4) is 0 Å². The maximum Gasteiger partial charge on any atom is 0.424 e. The van der Waals surface area contributed by atoms with Crippen molar-refractivity contribution >= 4 is 16.3 Å². The molecule has 7 nitrogen and oxygen atoms in total. The molecule has 0 heterocycles. The first-order valence-corrected chi connectivity index (χ1v) is 4.81. The number of hydrogen-bond acceptors (Lipinski definition) is 5. The highest BCUT2D eigenvalue weighted by molar-refractivity contribution is 7.87. The number of nitrogens with two attached hydrogens (primary N) is 1. The molecule has 0 radical (unpaired) electrons. The van der Waals surface area contributed by atoms with Crippen LogP contribution < -0.4 is 5.14 Å². The third-order valence-electron chi connectivity index (χ3n) is 1.18. The molecule has 0 aromatic heterocycles. The Morgan fingerprint density at radius 1 is 1.46 bits per heavy atom. The summed E-state index contributed by atoms with van der Waals surface area (Å²) in [4.78, 5) is 10.9. The molecule has 0 unspecified atom stereocenters. The van der Waals surface area contributed by atoms with Crippen molar-refractivity contribution in [2.75, 3.05) is 27.4 Å². The summed E-state index contributed by atoms with van der Waals surface area (Å²) >= 11 is 0. The van der Waals surface area contributed by atoms with Crippen LogP contribution in [0.4, 0.5) is 4.79 Å². The minimum Gasteiger partial charge on any atom is -0.452 e. The quantitative estimate of drug-likeness (QED) is 0.638. The molecule has 0 aliphatic rings. The zero-order chi connectivity index (χ0) is 10.5. The summed E-state index contributed by atoms with van der Waals surface area (Å²) in [7, 11) is -1.63. The Hall–Kier alpha value is -0.860. The third kappa shape index (κ3) is 4.06. The molecule has 8 heteroatoms. The smallest absolute Gasteiger partial charge is 0.424 e. The molecular formula is C5H12N2O5S.